The van der Waals surface area contributed by atoms with Gasteiger partial charge in [0.2, 0.25) is 10.0 Å². The highest BCUT2D eigenvalue weighted by Gasteiger charge is 2.17. The van der Waals surface area contributed by atoms with Gasteiger partial charge in [0.05, 0.1) is 23.4 Å². The standard InChI is InChI=1S/C30H28ClN5O3S/c1-39-25-10-5-9-22(19-25)28-29(36-30(35-28)21-7-3-2-4-8-21)23-15-18-33-27(20-23)32-16-6-17-34-40(37,38)26-13-11-24(31)12-14-26/h2-5,7-15,18-20,34H,6,16-17H2,1H3,(H,32,33)(H,35,36). The molecule has 0 aliphatic heterocycles. The number of aromatic nitrogens is 3. The van der Waals surface area contributed by atoms with Gasteiger partial charge in [-0.25, -0.2) is 23.1 Å². The Morgan fingerprint density at radius 3 is 2.42 bits per heavy atom. The summed E-state index contributed by atoms with van der Waals surface area (Å²) in [7, 11) is -1.95. The van der Waals surface area contributed by atoms with Crippen molar-refractivity contribution in [1.82, 2.24) is 19.7 Å². The van der Waals surface area contributed by atoms with E-state index in [1.54, 1.807) is 25.4 Å². The number of benzene rings is 3. The van der Waals surface area contributed by atoms with Crippen LogP contribution >= 0.6 is 11.6 Å². The third kappa shape index (κ3) is 6.51. The van der Waals surface area contributed by atoms with Crippen LogP contribution in [0.2, 0.25) is 5.02 Å². The second kappa shape index (κ2) is 12.3. The van der Waals surface area contributed by atoms with Crippen LogP contribution in [0.15, 0.2) is 102 Å². The molecule has 0 saturated carbocycles. The number of nitrogens with zero attached hydrogens (tertiary/aromatic N) is 2. The van der Waals surface area contributed by atoms with Gasteiger partial charge in [0.15, 0.2) is 0 Å². The molecule has 0 amide bonds. The van der Waals surface area contributed by atoms with Crippen molar-refractivity contribution < 1.29 is 13.2 Å². The van der Waals surface area contributed by atoms with E-state index in [2.05, 4.69) is 20.0 Å². The number of H-pyrrole nitrogens is 1. The summed E-state index contributed by atoms with van der Waals surface area (Å²) in [5.41, 5.74) is 4.46. The van der Waals surface area contributed by atoms with Crippen molar-refractivity contribution >= 4 is 27.4 Å². The Hall–Kier alpha value is -4.18. The van der Waals surface area contributed by atoms with Crippen LogP contribution in [0.25, 0.3) is 33.9 Å². The van der Waals surface area contributed by atoms with Crippen molar-refractivity contribution in [2.24, 2.45) is 0 Å². The first-order valence-electron chi connectivity index (χ1n) is 12.7. The van der Waals surface area contributed by atoms with E-state index in [1.807, 2.05) is 66.7 Å². The van der Waals surface area contributed by atoms with E-state index >= 15 is 0 Å². The second-order valence-corrected chi connectivity index (χ2v) is 11.2. The van der Waals surface area contributed by atoms with Crippen LogP contribution in [0, 0.1) is 0 Å². The average molecular weight is 574 g/mol. The summed E-state index contributed by atoms with van der Waals surface area (Å²) < 4.78 is 33.0. The highest BCUT2D eigenvalue weighted by molar-refractivity contribution is 7.89. The number of sulfonamides is 1. The quantitative estimate of drug-likeness (QED) is 0.161. The molecule has 0 atom stereocenters. The van der Waals surface area contributed by atoms with Crippen LogP contribution in [0.3, 0.4) is 0 Å². The van der Waals surface area contributed by atoms with Crippen molar-refractivity contribution in [3.8, 4) is 39.7 Å². The molecule has 8 nitrogen and oxygen atoms in total. The van der Waals surface area contributed by atoms with Crippen LogP contribution in [0.5, 0.6) is 5.75 Å². The molecular formula is C30H28ClN5O3S. The first kappa shape index (κ1) is 27.4. The maximum Gasteiger partial charge on any atom is 0.240 e. The maximum absolute atomic E-state index is 12.5. The van der Waals surface area contributed by atoms with Gasteiger partial charge in [-0.3, -0.25) is 0 Å². The minimum atomic E-state index is -3.59. The first-order chi connectivity index (χ1) is 19.4. The van der Waals surface area contributed by atoms with Gasteiger partial charge in [-0.1, -0.05) is 54.1 Å². The lowest BCUT2D eigenvalue weighted by Crippen LogP contribution is -2.26. The summed E-state index contributed by atoms with van der Waals surface area (Å²) >= 11 is 5.86. The SMILES string of the molecule is COc1cccc(-c2nc(-c3ccccc3)[nH]c2-c2ccnc(NCCCNS(=O)(=O)c3ccc(Cl)cc3)c2)c1. The summed E-state index contributed by atoms with van der Waals surface area (Å²) in [6, 6.07) is 27.7. The summed E-state index contributed by atoms with van der Waals surface area (Å²) in [6.07, 6.45) is 2.30. The first-order valence-corrected chi connectivity index (χ1v) is 14.5. The Morgan fingerprint density at radius 1 is 0.875 bits per heavy atom. The molecule has 0 aliphatic carbocycles. The highest BCUT2D eigenvalue weighted by Crippen LogP contribution is 2.34. The molecule has 40 heavy (non-hydrogen) atoms. The number of nitrogens with one attached hydrogen (secondary N) is 3. The van der Waals surface area contributed by atoms with Crippen LogP contribution in [0.4, 0.5) is 5.82 Å². The van der Waals surface area contributed by atoms with E-state index in [4.69, 9.17) is 21.3 Å². The number of anilines is 1. The lowest BCUT2D eigenvalue weighted by Gasteiger charge is -2.10. The molecule has 2 aromatic heterocycles. The molecule has 3 N–H and O–H groups in total. The Bertz CT molecular complexity index is 1690. The second-order valence-electron chi connectivity index (χ2n) is 8.97. The number of pyridine rings is 1. The molecule has 0 spiro atoms. The van der Waals surface area contributed by atoms with E-state index in [9.17, 15) is 8.42 Å². The van der Waals surface area contributed by atoms with Crippen LogP contribution in [0.1, 0.15) is 6.42 Å². The molecule has 0 bridgehead atoms. The molecule has 3 aromatic carbocycles. The van der Waals surface area contributed by atoms with Gasteiger partial charge in [0, 0.05) is 41.0 Å². The molecule has 10 heteroatoms. The molecule has 5 aromatic rings. The fourth-order valence-electron chi connectivity index (χ4n) is 4.19. The van der Waals surface area contributed by atoms with Crippen LogP contribution < -0.4 is 14.8 Å². The predicted octanol–water partition coefficient (Wildman–Crippen LogP) is 6.25. The molecule has 0 fully saturated rings. The number of aromatic amines is 1. The number of hydrogen-bond donors (Lipinski definition) is 3. The molecule has 5 rings (SSSR count). The predicted molar refractivity (Wildman–Crippen MR) is 159 cm³/mol. The smallest absolute Gasteiger partial charge is 0.240 e. The summed E-state index contributed by atoms with van der Waals surface area (Å²) in [4.78, 5) is 13.1. The van der Waals surface area contributed by atoms with Crippen molar-refractivity contribution in [2.75, 3.05) is 25.5 Å². The lowest BCUT2D eigenvalue weighted by atomic mass is 10.1. The third-order valence-corrected chi connectivity index (χ3v) is 7.95. The number of rotatable bonds is 11. The fraction of sp³-hybridized carbons (Fsp3) is 0.133. The zero-order valence-electron chi connectivity index (χ0n) is 21.8. The van der Waals surface area contributed by atoms with Gasteiger partial charge < -0.3 is 15.0 Å². The molecule has 0 aliphatic rings. The van der Waals surface area contributed by atoms with Crippen molar-refractivity contribution in [3.63, 3.8) is 0 Å². The molecule has 0 saturated heterocycles. The Morgan fingerprint density at radius 2 is 1.65 bits per heavy atom. The summed E-state index contributed by atoms with van der Waals surface area (Å²) in [5, 5.41) is 3.77. The zero-order valence-corrected chi connectivity index (χ0v) is 23.3. The summed E-state index contributed by atoms with van der Waals surface area (Å²) in [6.45, 7) is 0.805. The Labute approximate surface area is 238 Å². The lowest BCUT2D eigenvalue weighted by molar-refractivity contribution is 0.415. The van der Waals surface area contributed by atoms with Gasteiger partial charge in [-0.05, 0) is 55.0 Å². The topological polar surface area (TPSA) is 109 Å². The number of hydrogen-bond acceptors (Lipinski definition) is 6. The Balaban J connectivity index is 1.31. The molecule has 0 unspecified atom stereocenters. The minimum absolute atomic E-state index is 0.181. The minimum Gasteiger partial charge on any atom is -0.497 e. The number of methoxy groups -OCH3 is 1. The van der Waals surface area contributed by atoms with E-state index < -0.39 is 10.0 Å². The van der Waals surface area contributed by atoms with Crippen molar-refractivity contribution in [3.05, 3.63) is 102 Å². The molecular weight excluding hydrogens is 546 g/mol. The number of halogens is 1. The van der Waals surface area contributed by atoms with Gasteiger partial charge in [0.25, 0.3) is 0 Å². The fourth-order valence-corrected chi connectivity index (χ4v) is 5.39. The Kier molecular flexibility index (Phi) is 8.45. The normalized spacial score (nSPS) is 11.3. The van der Waals surface area contributed by atoms with E-state index in [1.165, 1.54) is 12.1 Å². The molecule has 0 radical (unpaired) electrons. The van der Waals surface area contributed by atoms with Gasteiger partial charge >= 0.3 is 0 Å². The van der Waals surface area contributed by atoms with E-state index in [-0.39, 0.29) is 11.4 Å². The monoisotopic (exact) mass is 573 g/mol. The van der Waals surface area contributed by atoms with E-state index in [0.717, 1.165) is 39.7 Å². The van der Waals surface area contributed by atoms with Gasteiger partial charge in [-0.15, -0.1) is 0 Å². The highest BCUT2D eigenvalue weighted by atomic mass is 35.5. The largest absolute Gasteiger partial charge is 0.497 e. The van der Waals surface area contributed by atoms with Gasteiger partial charge in [-0.2, -0.15) is 0 Å². The van der Waals surface area contributed by atoms with Crippen molar-refractivity contribution in [2.45, 2.75) is 11.3 Å². The third-order valence-electron chi connectivity index (χ3n) is 6.22. The van der Waals surface area contributed by atoms with E-state index in [0.29, 0.717) is 23.8 Å². The molecule has 2 heterocycles. The summed E-state index contributed by atoms with van der Waals surface area (Å²) in [5.74, 6) is 2.18. The molecule has 204 valence electrons. The number of ether oxygens (including phenoxy) is 1. The maximum atomic E-state index is 12.5. The van der Waals surface area contributed by atoms with Crippen LogP contribution in [-0.2, 0) is 10.0 Å². The average Bonchev–Trinajstić information content (AvgIpc) is 3.44. The zero-order chi connectivity index (χ0) is 28.0. The number of imidazole rings is 1. The van der Waals surface area contributed by atoms with Gasteiger partial charge in [0.1, 0.15) is 17.4 Å². The van der Waals surface area contributed by atoms with Crippen LogP contribution in [-0.4, -0.2) is 43.6 Å². The van der Waals surface area contributed by atoms with Crippen molar-refractivity contribution in [1.29, 1.82) is 0 Å².